The molecule has 0 bridgehead atoms. The number of halogens is 1. The Bertz CT molecular complexity index is 748. The van der Waals surface area contributed by atoms with Gasteiger partial charge in [-0.25, -0.2) is 0 Å². The largest absolute Gasteiger partial charge is 0.452 e. The summed E-state index contributed by atoms with van der Waals surface area (Å²) in [4.78, 5) is 25.1. The minimum Gasteiger partial charge on any atom is -0.452 e. The van der Waals surface area contributed by atoms with Crippen molar-refractivity contribution in [2.75, 3.05) is 5.32 Å². The SMILES string of the molecule is CC[C@@H](C)[C@H](C(=O)O[C@@H](C)C(=O)Nc1ccccc1Cl)c1ccccc1. The second-order valence-electron chi connectivity index (χ2n) is 6.32. The number of nitrogens with one attached hydrogen (secondary N) is 1. The Labute approximate surface area is 159 Å². The Kier molecular flexibility index (Phi) is 7.22. The van der Waals surface area contributed by atoms with Crippen molar-refractivity contribution in [2.24, 2.45) is 5.92 Å². The van der Waals surface area contributed by atoms with Crippen LogP contribution in [0.1, 0.15) is 38.7 Å². The van der Waals surface area contributed by atoms with Gasteiger partial charge in [0, 0.05) is 0 Å². The molecule has 3 atom stereocenters. The molecular formula is C21H24ClNO3. The van der Waals surface area contributed by atoms with Gasteiger partial charge in [0.15, 0.2) is 6.10 Å². The number of para-hydroxylation sites is 1. The molecule has 1 N–H and O–H groups in total. The summed E-state index contributed by atoms with van der Waals surface area (Å²) in [6, 6.07) is 16.4. The summed E-state index contributed by atoms with van der Waals surface area (Å²) in [5, 5.41) is 3.12. The first-order valence-corrected chi connectivity index (χ1v) is 9.12. The van der Waals surface area contributed by atoms with Gasteiger partial charge >= 0.3 is 5.97 Å². The maximum atomic E-state index is 12.7. The molecule has 0 aromatic heterocycles. The van der Waals surface area contributed by atoms with Crippen LogP contribution < -0.4 is 5.32 Å². The monoisotopic (exact) mass is 373 g/mol. The molecule has 5 heteroatoms. The zero-order valence-corrected chi connectivity index (χ0v) is 16.0. The minimum atomic E-state index is -0.922. The van der Waals surface area contributed by atoms with Gasteiger partial charge < -0.3 is 10.1 Å². The molecule has 0 aliphatic rings. The molecule has 2 aromatic carbocycles. The predicted molar refractivity (Wildman–Crippen MR) is 104 cm³/mol. The number of ether oxygens (including phenoxy) is 1. The fourth-order valence-corrected chi connectivity index (χ4v) is 2.87. The Balaban J connectivity index is 2.08. The molecule has 138 valence electrons. The van der Waals surface area contributed by atoms with Crippen LogP contribution in [-0.4, -0.2) is 18.0 Å². The molecule has 0 fully saturated rings. The molecule has 4 nitrogen and oxygen atoms in total. The number of carbonyl (C=O) groups is 2. The van der Waals surface area contributed by atoms with Gasteiger partial charge in [-0.15, -0.1) is 0 Å². The van der Waals surface area contributed by atoms with E-state index in [1.165, 1.54) is 0 Å². The van der Waals surface area contributed by atoms with Crippen LogP contribution in [0.15, 0.2) is 54.6 Å². The van der Waals surface area contributed by atoms with E-state index in [0.29, 0.717) is 10.7 Å². The van der Waals surface area contributed by atoms with Gasteiger partial charge in [0.2, 0.25) is 0 Å². The Morgan fingerprint density at radius 1 is 1.04 bits per heavy atom. The second kappa shape index (κ2) is 9.39. The Morgan fingerprint density at radius 2 is 1.65 bits per heavy atom. The van der Waals surface area contributed by atoms with Gasteiger partial charge in [0.25, 0.3) is 5.91 Å². The lowest BCUT2D eigenvalue weighted by molar-refractivity contribution is -0.155. The van der Waals surface area contributed by atoms with E-state index in [2.05, 4.69) is 5.32 Å². The van der Waals surface area contributed by atoms with Gasteiger partial charge in [0.1, 0.15) is 0 Å². The van der Waals surface area contributed by atoms with Gasteiger partial charge in [-0.2, -0.15) is 0 Å². The van der Waals surface area contributed by atoms with Crippen molar-refractivity contribution in [3.05, 3.63) is 65.2 Å². The molecule has 0 radical (unpaired) electrons. The molecule has 0 unspecified atom stereocenters. The maximum absolute atomic E-state index is 12.7. The van der Waals surface area contributed by atoms with Crippen molar-refractivity contribution in [3.8, 4) is 0 Å². The molecule has 0 saturated carbocycles. The third-order valence-electron chi connectivity index (χ3n) is 4.42. The number of benzene rings is 2. The number of hydrogen-bond acceptors (Lipinski definition) is 3. The van der Waals surface area contributed by atoms with Crippen molar-refractivity contribution < 1.29 is 14.3 Å². The van der Waals surface area contributed by atoms with Gasteiger partial charge in [-0.1, -0.05) is 74.3 Å². The van der Waals surface area contributed by atoms with E-state index in [0.717, 1.165) is 12.0 Å². The summed E-state index contributed by atoms with van der Waals surface area (Å²) in [7, 11) is 0. The summed E-state index contributed by atoms with van der Waals surface area (Å²) < 4.78 is 5.47. The molecule has 0 saturated heterocycles. The van der Waals surface area contributed by atoms with Crippen LogP contribution >= 0.6 is 11.6 Å². The fraction of sp³-hybridized carbons (Fsp3) is 0.333. The van der Waals surface area contributed by atoms with Crippen molar-refractivity contribution in [2.45, 2.75) is 39.2 Å². The first-order valence-electron chi connectivity index (χ1n) is 8.74. The topological polar surface area (TPSA) is 55.4 Å². The third-order valence-corrected chi connectivity index (χ3v) is 4.75. The summed E-state index contributed by atoms with van der Waals surface area (Å²) in [5.41, 5.74) is 1.38. The fourth-order valence-electron chi connectivity index (χ4n) is 2.69. The van der Waals surface area contributed by atoms with E-state index >= 15 is 0 Å². The summed E-state index contributed by atoms with van der Waals surface area (Å²) in [6.45, 7) is 5.59. The lowest BCUT2D eigenvalue weighted by Crippen LogP contribution is -2.33. The summed E-state index contributed by atoms with van der Waals surface area (Å²) in [5.74, 6) is -1.12. The molecule has 1 amide bonds. The molecule has 0 heterocycles. The van der Waals surface area contributed by atoms with Crippen molar-refractivity contribution >= 4 is 29.2 Å². The first-order chi connectivity index (χ1) is 12.4. The zero-order valence-electron chi connectivity index (χ0n) is 15.2. The molecule has 0 aliphatic heterocycles. The summed E-state index contributed by atoms with van der Waals surface area (Å²) >= 11 is 6.05. The third kappa shape index (κ3) is 5.09. The predicted octanol–water partition coefficient (Wildman–Crippen LogP) is 5.04. The van der Waals surface area contributed by atoms with Crippen molar-refractivity contribution in [1.29, 1.82) is 0 Å². The van der Waals surface area contributed by atoms with E-state index in [-0.39, 0.29) is 5.92 Å². The molecule has 0 aliphatic carbocycles. The zero-order chi connectivity index (χ0) is 19.1. The van der Waals surface area contributed by atoms with E-state index in [9.17, 15) is 9.59 Å². The molecule has 0 spiro atoms. The molecular weight excluding hydrogens is 350 g/mol. The number of anilines is 1. The highest BCUT2D eigenvalue weighted by molar-refractivity contribution is 6.33. The molecule has 2 rings (SSSR count). The van der Waals surface area contributed by atoms with Crippen LogP contribution in [0, 0.1) is 5.92 Å². The highest BCUT2D eigenvalue weighted by Gasteiger charge is 2.30. The number of carbonyl (C=O) groups excluding carboxylic acids is 2. The molecule has 26 heavy (non-hydrogen) atoms. The second-order valence-corrected chi connectivity index (χ2v) is 6.73. The smallest absolute Gasteiger partial charge is 0.314 e. The Hall–Kier alpha value is -2.33. The number of amides is 1. The molecule has 2 aromatic rings. The van der Waals surface area contributed by atoms with Crippen LogP contribution in [0.2, 0.25) is 5.02 Å². The standard InChI is InChI=1S/C21H24ClNO3/c1-4-14(2)19(16-10-6-5-7-11-16)21(25)26-15(3)20(24)23-18-13-9-8-12-17(18)22/h5-15,19H,4H2,1-3H3,(H,23,24)/t14-,15+,19+/m1/s1. The van der Waals surface area contributed by atoms with Crippen LogP contribution in [0.4, 0.5) is 5.69 Å². The van der Waals surface area contributed by atoms with Crippen molar-refractivity contribution in [3.63, 3.8) is 0 Å². The van der Waals surface area contributed by atoms with Crippen LogP contribution in [-0.2, 0) is 14.3 Å². The van der Waals surface area contributed by atoms with Gasteiger partial charge in [-0.05, 0) is 30.5 Å². The quantitative estimate of drug-likeness (QED) is 0.691. The van der Waals surface area contributed by atoms with Crippen molar-refractivity contribution in [1.82, 2.24) is 0 Å². The lowest BCUT2D eigenvalue weighted by atomic mass is 9.85. The highest BCUT2D eigenvalue weighted by Crippen LogP contribution is 2.29. The minimum absolute atomic E-state index is 0.101. The average Bonchev–Trinajstić information content (AvgIpc) is 2.64. The first kappa shape index (κ1) is 20.0. The highest BCUT2D eigenvalue weighted by atomic mass is 35.5. The number of esters is 1. The average molecular weight is 374 g/mol. The van der Waals surface area contributed by atoms with Gasteiger partial charge in [-0.3, -0.25) is 9.59 Å². The Morgan fingerprint density at radius 3 is 2.27 bits per heavy atom. The summed E-state index contributed by atoms with van der Waals surface area (Å²) in [6.07, 6.45) is -0.0939. The van der Waals surface area contributed by atoms with E-state index in [1.54, 1.807) is 31.2 Å². The van der Waals surface area contributed by atoms with Crippen LogP contribution in [0.25, 0.3) is 0 Å². The normalized spacial score (nSPS) is 14.2. The van der Waals surface area contributed by atoms with E-state index in [4.69, 9.17) is 16.3 Å². The lowest BCUT2D eigenvalue weighted by Gasteiger charge is -2.24. The van der Waals surface area contributed by atoms with Crippen LogP contribution in [0.5, 0.6) is 0 Å². The maximum Gasteiger partial charge on any atom is 0.314 e. The van der Waals surface area contributed by atoms with Gasteiger partial charge in [0.05, 0.1) is 16.6 Å². The van der Waals surface area contributed by atoms with E-state index < -0.39 is 23.9 Å². The van der Waals surface area contributed by atoms with E-state index in [1.807, 2.05) is 44.2 Å². The number of hydrogen-bond donors (Lipinski definition) is 1. The number of rotatable bonds is 7. The van der Waals surface area contributed by atoms with Crippen LogP contribution in [0.3, 0.4) is 0 Å².